The predicted octanol–water partition coefficient (Wildman–Crippen LogP) is 6.33. The number of ether oxygens (including phenoxy) is 2. The van der Waals surface area contributed by atoms with E-state index in [9.17, 15) is 31.1 Å². The summed E-state index contributed by atoms with van der Waals surface area (Å²) in [6, 6.07) is 10.8. The average molecular weight is 561 g/mol. The van der Waals surface area contributed by atoms with Crippen LogP contribution in [0.15, 0.2) is 48.5 Å². The van der Waals surface area contributed by atoms with Crippen LogP contribution in [0.25, 0.3) is 0 Å². The van der Waals surface area contributed by atoms with Crippen LogP contribution in [0.1, 0.15) is 54.5 Å². The summed E-state index contributed by atoms with van der Waals surface area (Å²) in [6.07, 6.45) is -7.77. The zero-order valence-corrected chi connectivity index (χ0v) is 21.9. The summed E-state index contributed by atoms with van der Waals surface area (Å²) < 4.78 is 89.9. The highest BCUT2D eigenvalue weighted by molar-refractivity contribution is 5.69. The summed E-state index contributed by atoms with van der Waals surface area (Å²) in [7, 11) is 0. The minimum Gasteiger partial charge on any atom is -0.466 e. The molecule has 2 aromatic carbocycles. The van der Waals surface area contributed by atoms with Crippen molar-refractivity contribution in [2.45, 2.75) is 51.2 Å². The summed E-state index contributed by atoms with van der Waals surface area (Å²) in [6.45, 7) is 5.79. The third kappa shape index (κ3) is 9.81. The zero-order valence-electron chi connectivity index (χ0n) is 21.9. The van der Waals surface area contributed by atoms with Crippen molar-refractivity contribution in [2.24, 2.45) is 0 Å². The van der Waals surface area contributed by atoms with Gasteiger partial charge in [-0.2, -0.15) is 26.3 Å². The first-order chi connectivity index (χ1) is 18.5. The Labute approximate surface area is 224 Å². The first kappa shape index (κ1) is 30.9. The van der Waals surface area contributed by atoms with Crippen molar-refractivity contribution < 1.29 is 40.6 Å². The fraction of sp³-hybridized carbons (Fsp3) is 0.536. The van der Waals surface area contributed by atoms with Gasteiger partial charge in [-0.25, -0.2) is 0 Å². The molecule has 3 rings (SSSR count). The van der Waals surface area contributed by atoms with E-state index < -0.39 is 23.5 Å². The van der Waals surface area contributed by atoms with Crippen LogP contribution in [0.3, 0.4) is 0 Å². The van der Waals surface area contributed by atoms with Crippen molar-refractivity contribution in [3.05, 3.63) is 70.8 Å². The highest BCUT2D eigenvalue weighted by Gasteiger charge is 2.37. The molecule has 0 bridgehead atoms. The van der Waals surface area contributed by atoms with Crippen LogP contribution in [0.2, 0.25) is 0 Å². The molecule has 1 aliphatic heterocycles. The number of hydrogen-bond acceptors (Lipinski definition) is 5. The number of carbonyl (C=O) groups is 1. The van der Waals surface area contributed by atoms with Gasteiger partial charge in [-0.3, -0.25) is 9.69 Å². The van der Waals surface area contributed by atoms with Gasteiger partial charge in [-0.05, 0) is 55.6 Å². The van der Waals surface area contributed by atoms with Crippen molar-refractivity contribution in [1.29, 1.82) is 0 Å². The van der Waals surface area contributed by atoms with E-state index in [4.69, 9.17) is 9.47 Å². The molecule has 216 valence electrons. The van der Waals surface area contributed by atoms with Crippen LogP contribution in [-0.4, -0.2) is 61.7 Å². The second kappa shape index (κ2) is 14.1. The van der Waals surface area contributed by atoms with Gasteiger partial charge in [0.25, 0.3) is 0 Å². The number of alkyl halides is 6. The summed E-state index contributed by atoms with van der Waals surface area (Å²) in [5, 5.41) is 0. The molecule has 0 N–H and O–H groups in total. The molecule has 0 spiro atoms. The van der Waals surface area contributed by atoms with Crippen LogP contribution < -0.4 is 0 Å². The lowest BCUT2D eigenvalue weighted by molar-refractivity contribution is -0.144. The lowest BCUT2D eigenvalue weighted by Crippen LogP contribution is -2.48. The highest BCUT2D eigenvalue weighted by atomic mass is 19.4. The summed E-state index contributed by atoms with van der Waals surface area (Å²) in [5.41, 5.74) is -1.93. The van der Waals surface area contributed by atoms with Gasteiger partial charge in [0.2, 0.25) is 0 Å². The maximum Gasteiger partial charge on any atom is 0.416 e. The number of piperazine rings is 1. The van der Waals surface area contributed by atoms with E-state index >= 15 is 0 Å². The quantitative estimate of drug-likeness (QED) is 0.172. The number of nitrogens with zero attached hydrogens (tertiary/aromatic N) is 2. The minimum atomic E-state index is -4.90. The second-order valence-electron chi connectivity index (χ2n) is 9.50. The molecule has 11 heteroatoms. The van der Waals surface area contributed by atoms with E-state index in [1.807, 2.05) is 30.3 Å². The molecule has 39 heavy (non-hydrogen) atoms. The molecular formula is C28H34F6N2O3. The Morgan fingerprint density at radius 1 is 0.897 bits per heavy atom. The molecule has 5 nitrogen and oxygen atoms in total. The first-order valence-corrected chi connectivity index (χ1v) is 13.0. The number of carbonyl (C=O) groups excluding carboxylic acids is 1. The number of benzene rings is 2. The van der Waals surface area contributed by atoms with Crippen molar-refractivity contribution in [3.63, 3.8) is 0 Å². The van der Waals surface area contributed by atoms with Gasteiger partial charge in [0.1, 0.15) is 0 Å². The van der Waals surface area contributed by atoms with Crippen LogP contribution in [0, 0.1) is 0 Å². The predicted molar refractivity (Wildman–Crippen MR) is 134 cm³/mol. The van der Waals surface area contributed by atoms with Crippen LogP contribution in [0.4, 0.5) is 26.3 Å². The number of rotatable bonds is 12. The van der Waals surface area contributed by atoms with Crippen molar-refractivity contribution in [1.82, 2.24) is 9.80 Å². The number of halogens is 6. The molecular weight excluding hydrogens is 526 g/mol. The number of hydrogen-bond donors (Lipinski definition) is 0. The third-order valence-corrected chi connectivity index (χ3v) is 6.63. The fourth-order valence-electron chi connectivity index (χ4n) is 4.62. The van der Waals surface area contributed by atoms with Gasteiger partial charge in [-0.15, -0.1) is 0 Å². The second-order valence-corrected chi connectivity index (χ2v) is 9.50. The number of unbranched alkanes of at least 4 members (excludes halogenated alkanes) is 1. The average Bonchev–Trinajstić information content (AvgIpc) is 2.89. The van der Waals surface area contributed by atoms with E-state index in [0.29, 0.717) is 25.2 Å². The van der Waals surface area contributed by atoms with Gasteiger partial charge in [-0.1, -0.05) is 30.3 Å². The first-order valence-electron chi connectivity index (χ1n) is 13.0. The number of esters is 1. The normalized spacial score (nSPS) is 16.3. The minimum absolute atomic E-state index is 0.112. The Hall–Kier alpha value is -2.63. The molecule has 0 aliphatic carbocycles. The zero-order chi connectivity index (χ0) is 28.5. The largest absolute Gasteiger partial charge is 0.466 e. The molecule has 2 aromatic rings. The van der Waals surface area contributed by atoms with E-state index in [0.717, 1.165) is 51.1 Å². The standard InChI is InChI=1S/C28H34F6N2O3/c1-2-39-26(37)10-6-7-11-35-12-14-36(15-13-35)25(22-8-4-3-5-9-22)20-38-19-21-16-23(27(29,30)31)18-24(17-21)28(32,33)34/h3-5,8-9,16-18,25H,2,6-7,10-15,19-20H2,1H3. The summed E-state index contributed by atoms with van der Waals surface area (Å²) in [5.74, 6) is -0.187. The molecule has 0 saturated carbocycles. The summed E-state index contributed by atoms with van der Waals surface area (Å²) >= 11 is 0. The lowest BCUT2D eigenvalue weighted by Gasteiger charge is -2.39. The molecule has 0 aromatic heterocycles. The van der Waals surface area contributed by atoms with Gasteiger partial charge in [0.15, 0.2) is 0 Å². The van der Waals surface area contributed by atoms with Gasteiger partial charge < -0.3 is 14.4 Å². The molecule has 1 saturated heterocycles. The maximum absolute atomic E-state index is 13.2. The Morgan fingerprint density at radius 2 is 1.51 bits per heavy atom. The molecule has 1 aliphatic rings. The fourth-order valence-corrected chi connectivity index (χ4v) is 4.62. The monoisotopic (exact) mass is 560 g/mol. The Kier molecular flexibility index (Phi) is 11.2. The molecule has 0 radical (unpaired) electrons. The van der Waals surface area contributed by atoms with Crippen molar-refractivity contribution in [2.75, 3.05) is 45.9 Å². The summed E-state index contributed by atoms with van der Waals surface area (Å²) in [4.78, 5) is 16.0. The lowest BCUT2D eigenvalue weighted by atomic mass is 10.0. The molecule has 1 fully saturated rings. The molecule has 1 heterocycles. The van der Waals surface area contributed by atoms with Crippen molar-refractivity contribution in [3.8, 4) is 0 Å². The highest BCUT2D eigenvalue weighted by Crippen LogP contribution is 2.36. The van der Waals surface area contributed by atoms with E-state index in [1.54, 1.807) is 6.92 Å². The van der Waals surface area contributed by atoms with Gasteiger partial charge in [0.05, 0.1) is 37.0 Å². The third-order valence-electron chi connectivity index (χ3n) is 6.63. The van der Waals surface area contributed by atoms with Gasteiger partial charge in [0, 0.05) is 32.6 Å². The van der Waals surface area contributed by atoms with Crippen LogP contribution in [0.5, 0.6) is 0 Å². The van der Waals surface area contributed by atoms with Crippen LogP contribution >= 0.6 is 0 Å². The van der Waals surface area contributed by atoms with Crippen LogP contribution in [-0.2, 0) is 33.2 Å². The molecule has 1 atom stereocenters. The Morgan fingerprint density at radius 3 is 2.08 bits per heavy atom. The maximum atomic E-state index is 13.2. The topological polar surface area (TPSA) is 42.0 Å². The smallest absolute Gasteiger partial charge is 0.416 e. The van der Waals surface area contributed by atoms with E-state index in [1.165, 1.54) is 0 Å². The molecule has 0 amide bonds. The van der Waals surface area contributed by atoms with Crippen molar-refractivity contribution >= 4 is 5.97 Å². The van der Waals surface area contributed by atoms with E-state index in [-0.39, 0.29) is 36.9 Å². The van der Waals surface area contributed by atoms with Gasteiger partial charge >= 0.3 is 18.3 Å². The Bertz CT molecular complexity index is 1010. The molecule has 1 unspecified atom stereocenters. The SMILES string of the molecule is CCOC(=O)CCCCN1CCN(C(COCc2cc(C(F)(F)F)cc(C(F)(F)F)c2)c2ccccc2)CC1. The Balaban J connectivity index is 1.59. The van der Waals surface area contributed by atoms with E-state index in [2.05, 4.69) is 9.80 Å².